The van der Waals surface area contributed by atoms with Crippen molar-refractivity contribution in [3.63, 3.8) is 0 Å². The molecular formula is C19H18N6O3. The van der Waals surface area contributed by atoms with Crippen LogP contribution in [-0.4, -0.2) is 41.3 Å². The first-order chi connectivity index (χ1) is 13.5. The maximum Gasteiger partial charge on any atom is 0.293 e. The Morgan fingerprint density at radius 1 is 1.21 bits per heavy atom. The molecular weight excluding hydrogens is 360 g/mol. The zero-order valence-corrected chi connectivity index (χ0v) is 15.3. The highest BCUT2D eigenvalue weighted by molar-refractivity contribution is 5.94. The number of hydrogen-bond acceptors (Lipinski definition) is 6. The van der Waals surface area contributed by atoms with E-state index in [-0.39, 0.29) is 11.4 Å². The third-order valence-electron chi connectivity index (χ3n) is 3.95. The van der Waals surface area contributed by atoms with Crippen molar-refractivity contribution < 1.29 is 9.72 Å². The molecule has 0 aliphatic heterocycles. The number of aromatic amines is 1. The van der Waals surface area contributed by atoms with E-state index in [1.54, 1.807) is 37.2 Å². The largest absolute Gasteiger partial charge is 0.372 e. The van der Waals surface area contributed by atoms with Gasteiger partial charge >= 0.3 is 0 Å². The van der Waals surface area contributed by atoms with Gasteiger partial charge in [-0.3, -0.25) is 20.0 Å². The summed E-state index contributed by atoms with van der Waals surface area (Å²) in [5.74, 6) is -0.467. The van der Waals surface area contributed by atoms with Gasteiger partial charge in [-0.1, -0.05) is 36.4 Å². The molecule has 1 amide bonds. The van der Waals surface area contributed by atoms with E-state index in [9.17, 15) is 14.9 Å². The number of benzene rings is 2. The van der Waals surface area contributed by atoms with Gasteiger partial charge < -0.3 is 4.90 Å². The van der Waals surface area contributed by atoms with Gasteiger partial charge in [0.1, 0.15) is 11.4 Å². The Balaban J connectivity index is 1.69. The Labute approximate surface area is 160 Å². The smallest absolute Gasteiger partial charge is 0.293 e. The van der Waals surface area contributed by atoms with Crippen LogP contribution in [0.3, 0.4) is 0 Å². The van der Waals surface area contributed by atoms with Crippen molar-refractivity contribution in [3.05, 3.63) is 76.0 Å². The number of nitrogens with one attached hydrogen (secondary N) is 2. The molecule has 3 rings (SSSR count). The minimum atomic E-state index is -0.467. The summed E-state index contributed by atoms with van der Waals surface area (Å²) >= 11 is 0. The number of hydrazone groups is 1. The predicted octanol–water partition coefficient (Wildman–Crippen LogP) is 2.81. The summed E-state index contributed by atoms with van der Waals surface area (Å²) in [6, 6.07) is 15.8. The second-order valence-corrected chi connectivity index (χ2v) is 6.13. The molecule has 0 atom stereocenters. The van der Waals surface area contributed by atoms with Crippen LogP contribution in [0.25, 0.3) is 11.3 Å². The number of rotatable bonds is 6. The predicted molar refractivity (Wildman–Crippen MR) is 107 cm³/mol. The third-order valence-corrected chi connectivity index (χ3v) is 3.95. The number of hydrogen-bond donors (Lipinski definition) is 2. The van der Waals surface area contributed by atoms with Gasteiger partial charge in [0.05, 0.1) is 16.8 Å². The Morgan fingerprint density at radius 2 is 1.96 bits per heavy atom. The SMILES string of the molecule is CN(C)c1ccc(/C=N\NC(=O)c2cc(-c3ccccc3)n[nH]2)cc1[N+](=O)[O-]. The van der Waals surface area contributed by atoms with E-state index in [2.05, 4.69) is 20.7 Å². The molecule has 3 aromatic rings. The van der Waals surface area contributed by atoms with E-state index in [0.29, 0.717) is 16.9 Å². The van der Waals surface area contributed by atoms with Crippen LogP contribution in [0.2, 0.25) is 0 Å². The lowest BCUT2D eigenvalue weighted by molar-refractivity contribution is -0.384. The fraction of sp³-hybridized carbons (Fsp3) is 0.105. The minimum absolute atomic E-state index is 0.0404. The quantitative estimate of drug-likeness (QED) is 0.389. The average molecular weight is 378 g/mol. The number of carbonyl (C=O) groups excluding carboxylic acids is 1. The monoisotopic (exact) mass is 378 g/mol. The Bertz CT molecular complexity index is 1030. The maximum absolute atomic E-state index is 12.2. The summed E-state index contributed by atoms with van der Waals surface area (Å²) in [6.45, 7) is 0. The highest BCUT2D eigenvalue weighted by Crippen LogP contribution is 2.27. The van der Waals surface area contributed by atoms with Gasteiger partial charge in [0.25, 0.3) is 11.6 Å². The normalized spacial score (nSPS) is 10.8. The van der Waals surface area contributed by atoms with Crippen LogP contribution in [0.4, 0.5) is 11.4 Å². The van der Waals surface area contributed by atoms with Crippen molar-refractivity contribution in [2.45, 2.75) is 0 Å². The molecule has 9 nitrogen and oxygen atoms in total. The topological polar surface area (TPSA) is 117 Å². The molecule has 0 aliphatic rings. The van der Waals surface area contributed by atoms with Gasteiger partial charge in [0, 0.05) is 31.3 Å². The summed E-state index contributed by atoms with van der Waals surface area (Å²) in [5, 5.41) is 21.9. The third kappa shape index (κ3) is 4.21. The summed E-state index contributed by atoms with van der Waals surface area (Å²) in [7, 11) is 3.45. The highest BCUT2D eigenvalue weighted by Gasteiger charge is 2.15. The molecule has 28 heavy (non-hydrogen) atoms. The molecule has 0 fully saturated rings. The number of anilines is 1. The average Bonchev–Trinajstić information content (AvgIpc) is 3.18. The van der Waals surface area contributed by atoms with Crippen LogP contribution in [0.1, 0.15) is 16.1 Å². The highest BCUT2D eigenvalue weighted by atomic mass is 16.6. The molecule has 9 heteroatoms. The first-order valence-corrected chi connectivity index (χ1v) is 8.35. The first kappa shape index (κ1) is 18.8. The molecule has 0 unspecified atom stereocenters. The van der Waals surface area contributed by atoms with Crippen LogP contribution in [-0.2, 0) is 0 Å². The molecule has 2 N–H and O–H groups in total. The lowest BCUT2D eigenvalue weighted by Gasteiger charge is -2.12. The first-order valence-electron chi connectivity index (χ1n) is 8.35. The number of nitrogens with zero attached hydrogens (tertiary/aromatic N) is 4. The van der Waals surface area contributed by atoms with Crippen LogP contribution in [0.15, 0.2) is 59.7 Å². The van der Waals surface area contributed by atoms with Gasteiger partial charge in [0.15, 0.2) is 0 Å². The Kier molecular flexibility index (Phi) is 5.45. The molecule has 0 spiro atoms. The lowest BCUT2D eigenvalue weighted by atomic mass is 10.1. The van der Waals surface area contributed by atoms with Crippen LogP contribution >= 0.6 is 0 Å². The summed E-state index contributed by atoms with van der Waals surface area (Å²) < 4.78 is 0. The van der Waals surface area contributed by atoms with E-state index in [4.69, 9.17) is 0 Å². The fourth-order valence-electron chi connectivity index (χ4n) is 2.57. The van der Waals surface area contributed by atoms with Crippen LogP contribution in [0.5, 0.6) is 0 Å². The number of nitro benzene ring substituents is 1. The second kappa shape index (κ2) is 8.12. The summed E-state index contributed by atoms with van der Waals surface area (Å²) in [6.07, 6.45) is 1.35. The van der Waals surface area contributed by atoms with E-state index < -0.39 is 10.8 Å². The zero-order valence-electron chi connectivity index (χ0n) is 15.3. The zero-order chi connectivity index (χ0) is 20.1. The molecule has 142 valence electrons. The van der Waals surface area contributed by atoms with Crippen molar-refractivity contribution in [2.24, 2.45) is 5.10 Å². The van der Waals surface area contributed by atoms with Crippen molar-refractivity contribution in [3.8, 4) is 11.3 Å². The number of nitro groups is 1. The summed E-state index contributed by atoms with van der Waals surface area (Å²) in [5.41, 5.74) is 5.09. The van der Waals surface area contributed by atoms with E-state index in [1.807, 2.05) is 30.3 Å². The van der Waals surface area contributed by atoms with E-state index >= 15 is 0 Å². The number of carbonyl (C=O) groups is 1. The van der Waals surface area contributed by atoms with Gasteiger partial charge in [-0.15, -0.1) is 0 Å². The molecule has 0 bridgehead atoms. The fourth-order valence-corrected chi connectivity index (χ4v) is 2.57. The molecule has 2 aromatic carbocycles. The van der Waals surface area contributed by atoms with Crippen molar-refractivity contribution in [2.75, 3.05) is 19.0 Å². The summed E-state index contributed by atoms with van der Waals surface area (Å²) in [4.78, 5) is 24.6. The Morgan fingerprint density at radius 3 is 2.64 bits per heavy atom. The van der Waals surface area contributed by atoms with Crippen molar-refractivity contribution >= 4 is 23.5 Å². The molecule has 0 radical (unpaired) electrons. The van der Waals surface area contributed by atoms with Crippen LogP contribution < -0.4 is 10.3 Å². The van der Waals surface area contributed by atoms with E-state index in [0.717, 1.165) is 5.56 Å². The van der Waals surface area contributed by atoms with Crippen LogP contribution in [0, 0.1) is 10.1 Å². The molecule has 1 heterocycles. The maximum atomic E-state index is 12.2. The van der Waals surface area contributed by atoms with Crippen molar-refractivity contribution in [1.82, 2.24) is 15.6 Å². The Hall–Kier alpha value is -4.01. The molecule has 1 aromatic heterocycles. The number of amides is 1. The van der Waals surface area contributed by atoms with Gasteiger partial charge in [-0.25, -0.2) is 5.43 Å². The number of H-pyrrole nitrogens is 1. The molecule has 0 aliphatic carbocycles. The molecule has 0 saturated carbocycles. The minimum Gasteiger partial charge on any atom is -0.372 e. The van der Waals surface area contributed by atoms with Gasteiger partial charge in [-0.05, 0) is 12.1 Å². The van der Waals surface area contributed by atoms with Gasteiger partial charge in [0.2, 0.25) is 0 Å². The lowest BCUT2D eigenvalue weighted by Crippen LogP contribution is -2.18. The van der Waals surface area contributed by atoms with Crippen molar-refractivity contribution in [1.29, 1.82) is 0 Å². The van der Waals surface area contributed by atoms with E-state index in [1.165, 1.54) is 12.3 Å². The van der Waals surface area contributed by atoms with Gasteiger partial charge in [-0.2, -0.15) is 10.2 Å². The molecule has 0 saturated heterocycles. The standard InChI is InChI=1S/C19H18N6O3/c1-24(2)17-9-8-13(10-18(17)25(27)28)12-20-23-19(26)16-11-15(21-22-16)14-6-4-3-5-7-14/h3-12H,1-2H3,(H,21,22)(H,23,26)/b20-12-. The number of aromatic nitrogens is 2. The second-order valence-electron chi connectivity index (χ2n) is 6.13.